The maximum absolute atomic E-state index is 13.2. The smallest absolute Gasteiger partial charge is 0.407 e. The van der Waals surface area contributed by atoms with Crippen LogP contribution in [0.25, 0.3) is 0 Å². The van der Waals surface area contributed by atoms with Crippen LogP contribution in [-0.2, 0) is 18.0 Å². The van der Waals surface area contributed by atoms with Crippen LogP contribution >= 0.6 is 22.0 Å². The first kappa shape index (κ1) is 15.5. The molecule has 0 aromatic carbocycles. The topological polar surface area (TPSA) is 80.7 Å². The molecule has 0 bridgehead atoms. The molecule has 0 heterocycles. The molecule has 0 aromatic rings. The van der Waals surface area contributed by atoms with E-state index in [1.165, 1.54) is 0 Å². The molecule has 0 saturated heterocycles. The summed E-state index contributed by atoms with van der Waals surface area (Å²) in [5.74, 6) is 0. The molecule has 0 aliphatic heterocycles. The van der Waals surface area contributed by atoms with Crippen molar-refractivity contribution in [2.24, 2.45) is 0 Å². The second-order valence-electron chi connectivity index (χ2n) is 3.37. The molecule has 0 aromatic heterocycles. The van der Waals surface area contributed by atoms with Gasteiger partial charge < -0.3 is 21.6 Å². The highest BCUT2D eigenvalue weighted by molar-refractivity contribution is 7.89. The summed E-state index contributed by atoms with van der Waals surface area (Å²) in [6.45, 7) is 1.94. The van der Waals surface area contributed by atoms with Crippen LogP contribution < -0.4 is 0 Å². The van der Waals surface area contributed by atoms with Crippen LogP contribution in [-0.4, -0.2) is 37.9 Å². The Labute approximate surface area is 87.3 Å². The fourth-order valence-electron chi connectivity index (χ4n) is 0.573. The first-order valence-electron chi connectivity index (χ1n) is 3.54. The van der Waals surface area contributed by atoms with Crippen LogP contribution in [0, 0.1) is 0 Å². The van der Waals surface area contributed by atoms with Gasteiger partial charge in [0.15, 0.2) is 7.14 Å². The van der Waals surface area contributed by atoms with Crippen LogP contribution in [0.3, 0.4) is 0 Å². The highest BCUT2D eigenvalue weighted by Crippen LogP contribution is 2.77. The Hall–Kier alpha value is 0.535. The van der Waals surface area contributed by atoms with E-state index in [4.69, 9.17) is 12.5 Å². The monoisotopic (exact) mass is 280 g/mol. The van der Waals surface area contributed by atoms with Gasteiger partial charge in [0.05, 0.1) is 0 Å². The maximum Gasteiger partial charge on any atom is 0.407 e. The minimum atomic E-state index is -5.62. The molecule has 2 atom stereocenters. The predicted molar refractivity (Wildman–Crippen MR) is 54.6 cm³/mol. The Morgan fingerprint density at radius 2 is 1.53 bits per heavy atom. The van der Waals surface area contributed by atoms with Crippen molar-refractivity contribution >= 4 is 29.6 Å². The van der Waals surface area contributed by atoms with Gasteiger partial charge in [0, 0.05) is 0 Å². The summed E-state index contributed by atoms with van der Waals surface area (Å²) in [4.78, 5) is 8.87. The van der Waals surface area contributed by atoms with E-state index in [-0.39, 0.29) is 0 Å². The SMILES string of the molecule is [B-]P(C)(=O)OP(=O)(O)C(F)(F)P(C)(C)=O. The van der Waals surface area contributed by atoms with E-state index in [0.29, 0.717) is 20.0 Å². The van der Waals surface area contributed by atoms with E-state index in [9.17, 15) is 22.5 Å². The first-order valence-corrected chi connectivity index (χ1v) is 9.86. The zero-order valence-corrected chi connectivity index (χ0v) is 10.9. The lowest BCUT2D eigenvalue weighted by atomic mass is 10.8. The zero-order chi connectivity index (χ0) is 12.7. The molecule has 0 amide bonds. The van der Waals surface area contributed by atoms with Gasteiger partial charge in [0.2, 0.25) is 0 Å². The lowest BCUT2D eigenvalue weighted by Crippen LogP contribution is -2.17. The Bertz CT molecular complexity index is 384. The second kappa shape index (κ2) is 4.08. The van der Waals surface area contributed by atoms with Gasteiger partial charge >= 0.3 is 13.0 Å². The van der Waals surface area contributed by atoms with Crippen LogP contribution in [0.5, 0.6) is 0 Å². The molecular weight excluding hydrogens is 270 g/mol. The Morgan fingerprint density at radius 1 is 1.20 bits per heavy atom. The van der Waals surface area contributed by atoms with Gasteiger partial charge in [-0.3, -0.25) is 8.88 Å². The van der Waals surface area contributed by atoms with Crippen molar-refractivity contribution in [2.75, 3.05) is 20.0 Å². The van der Waals surface area contributed by atoms with Gasteiger partial charge in [-0.25, -0.2) is 0 Å². The van der Waals surface area contributed by atoms with Crippen molar-refractivity contribution in [1.29, 1.82) is 0 Å². The van der Waals surface area contributed by atoms with Crippen molar-refractivity contribution in [3.8, 4) is 0 Å². The van der Waals surface area contributed by atoms with Gasteiger partial charge in [-0.15, -0.1) is 0 Å². The van der Waals surface area contributed by atoms with Gasteiger partial charge in [0.1, 0.15) is 0 Å². The minimum Gasteiger partial charge on any atom is -0.483 e. The van der Waals surface area contributed by atoms with Crippen LogP contribution in [0.2, 0.25) is 0 Å². The number of alkyl halides is 2. The van der Waals surface area contributed by atoms with E-state index >= 15 is 0 Å². The first-order chi connectivity index (χ1) is 6.21. The molecule has 15 heavy (non-hydrogen) atoms. The summed E-state index contributed by atoms with van der Waals surface area (Å²) >= 11 is 0. The number of hydrogen-bond acceptors (Lipinski definition) is 4. The summed E-state index contributed by atoms with van der Waals surface area (Å²) in [5, 5.41) is -4.47. The molecular formula is C4H10BF2O5P3-. The van der Waals surface area contributed by atoms with Gasteiger partial charge in [-0.2, -0.15) is 8.78 Å². The largest absolute Gasteiger partial charge is 0.483 e. The van der Waals surface area contributed by atoms with E-state index < -0.39 is 27.4 Å². The summed E-state index contributed by atoms with van der Waals surface area (Å²) in [5.41, 5.74) is 0. The summed E-state index contributed by atoms with van der Waals surface area (Å²) in [7, 11) is -9.18. The lowest BCUT2D eigenvalue weighted by Gasteiger charge is -2.30. The second-order valence-corrected chi connectivity index (χ2v) is 11.1. The maximum atomic E-state index is 13.2. The van der Waals surface area contributed by atoms with Gasteiger partial charge in [-0.05, 0) is 27.2 Å². The molecule has 1 N–H and O–H groups in total. The zero-order valence-electron chi connectivity index (χ0n) is 8.26. The molecule has 0 spiro atoms. The van der Waals surface area contributed by atoms with Crippen molar-refractivity contribution in [2.45, 2.75) is 5.40 Å². The molecule has 0 rings (SSSR count). The summed E-state index contributed by atoms with van der Waals surface area (Å²) in [6.07, 6.45) is 0. The third-order valence-electron chi connectivity index (χ3n) is 1.26. The highest BCUT2D eigenvalue weighted by Gasteiger charge is 2.60. The standard InChI is InChI=1S/C4H10BF2O5P3/c1-13(2,8)4(6,7)15(10,11)12-14(3,5)9/h1-3H3,(H,10,11)/q-1. The van der Waals surface area contributed by atoms with Crippen molar-refractivity contribution in [3.05, 3.63) is 0 Å². The van der Waals surface area contributed by atoms with Crippen molar-refractivity contribution < 1.29 is 31.7 Å². The van der Waals surface area contributed by atoms with E-state index in [1.807, 2.05) is 0 Å². The molecule has 2 unspecified atom stereocenters. The Balaban J connectivity index is 5.32. The van der Waals surface area contributed by atoms with E-state index in [0.717, 1.165) is 0 Å². The van der Waals surface area contributed by atoms with Gasteiger partial charge in [-0.1, -0.05) is 0 Å². The van der Waals surface area contributed by atoms with Crippen LogP contribution in [0.15, 0.2) is 0 Å². The molecule has 0 fully saturated rings. The quantitative estimate of drug-likeness (QED) is 0.631. The summed E-state index contributed by atoms with van der Waals surface area (Å²) < 4.78 is 63.0. The number of halogens is 2. The Morgan fingerprint density at radius 3 is 1.73 bits per heavy atom. The highest BCUT2D eigenvalue weighted by atomic mass is 31.3. The fourth-order valence-corrected chi connectivity index (χ4v) is 5.49. The molecule has 0 aliphatic carbocycles. The van der Waals surface area contributed by atoms with Crippen LogP contribution in [0.4, 0.5) is 8.78 Å². The molecule has 0 aliphatic rings. The molecule has 89 valence electrons. The van der Waals surface area contributed by atoms with Crippen LogP contribution in [0.1, 0.15) is 0 Å². The normalized spacial score (nSPS) is 21.8. The fraction of sp³-hybridized carbons (Fsp3) is 1.00. The molecule has 0 saturated carbocycles. The summed E-state index contributed by atoms with van der Waals surface area (Å²) in [6, 6.07) is 0. The van der Waals surface area contributed by atoms with Crippen molar-refractivity contribution in [1.82, 2.24) is 0 Å². The molecule has 5 nitrogen and oxygen atoms in total. The number of hydrogen-bond donors (Lipinski definition) is 1. The minimum absolute atomic E-state index is 0.621. The lowest BCUT2D eigenvalue weighted by molar-refractivity contribution is 0.142. The third-order valence-corrected chi connectivity index (χ3v) is 7.62. The average molecular weight is 280 g/mol. The van der Waals surface area contributed by atoms with E-state index in [2.05, 4.69) is 4.31 Å². The van der Waals surface area contributed by atoms with E-state index in [1.54, 1.807) is 0 Å². The molecule has 11 heteroatoms. The predicted octanol–water partition coefficient (Wildman–Crippen LogP) is 2.35. The molecule has 3 radical (unpaired) electrons. The van der Waals surface area contributed by atoms with Gasteiger partial charge in [0.25, 0.3) is 0 Å². The average Bonchev–Trinajstić information content (AvgIpc) is 1.77. The number of rotatable bonds is 4. The Kier molecular flexibility index (Phi) is 4.23. The third kappa shape index (κ3) is 3.79. The van der Waals surface area contributed by atoms with Crippen molar-refractivity contribution in [3.63, 3.8) is 0 Å².